The van der Waals surface area contributed by atoms with Crippen LogP contribution in [-0.2, 0) is 11.3 Å². The molecule has 0 saturated carbocycles. The lowest BCUT2D eigenvalue weighted by Gasteiger charge is -2.30. The molecule has 2 aliphatic heterocycles. The molecule has 1 N–H and O–H groups in total. The number of imide groups is 1. The van der Waals surface area contributed by atoms with Crippen molar-refractivity contribution in [3.63, 3.8) is 0 Å². The number of urea groups is 1. The Kier molecular flexibility index (Phi) is 4.82. The monoisotopic (exact) mass is 415 g/mol. The molecule has 1 aromatic heterocycles. The molecule has 1 aromatic carbocycles. The van der Waals surface area contributed by atoms with E-state index in [-0.39, 0.29) is 11.9 Å². The minimum Gasteiger partial charge on any atom is -0.385 e. The number of hydrogen-bond acceptors (Lipinski definition) is 4. The van der Waals surface area contributed by atoms with Crippen LogP contribution in [0.4, 0.5) is 16.4 Å². The van der Waals surface area contributed by atoms with Gasteiger partial charge in [0.15, 0.2) is 0 Å². The van der Waals surface area contributed by atoms with Gasteiger partial charge in [-0.2, -0.15) is 0 Å². The highest BCUT2D eigenvalue weighted by Crippen LogP contribution is 2.34. The Bertz CT molecular complexity index is 1040. The molecular weight excluding hydrogens is 392 g/mol. The fraction of sp³-hybridized carbons (Fsp3) is 0.400. The molecule has 1 fully saturated rings. The van der Waals surface area contributed by atoms with Gasteiger partial charge >= 0.3 is 12.0 Å². The van der Waals surface area contributed by atoms with E-state index < -0.39 is 6.04 Å². The van der Waals surface area contributed by atoms with Gasteiger partial charge in [0, 0.05) is 31.4 Å². The predicted molar refractivity (Wildman–Crippen MR) is 111 cm³/mol. The van der Waals surface area contributed by atoms with E-state index in [0.29, 0.717) is 16.8 Å². The molecule has 2 aromatic rings. The summed E-state index contributed by atoms with van der Waals surface area (Å²) in [6.45, 7) is 5.54. The number of halogens is 1. The average molecular weight is 416 g/mol. The third kappa shape index (κ3) is 3.07. The van der Waals surface area contributed by atoms with Crippen LogP contribution in [0.3, 0.4) is 0 Å². The van der Waals surface area contributed by atoms with Crippen molar-refractivity contribution in [2.75, 3.05) is 26.0 Å². The van der Waals surface area contributed by atoms with Gasteiger partial charge in [0.25, 0.3) is 5.91 Å². The van der Waals surface area contributed by atoms with Gasteiger partial charge in [-0.3, -0.25) is 14.6 Å². The van der Waals surface area contributed by atoms with Crippen LogP contribution in [0.5, 0.6) is 0 Å². The third-order valence-electron chi connectivity index (χ3n) is 5.66. The summed E-state index contributed by atoms with van der Waals surface area (Å²) >= 11 is 6.02. The quantitative estimate of drug-likeness (QED) is 0.602. The van der Waals surface area contributed by atoms with E-state index in [2.05, 4.69) is 14.9 Å². The Morgan fingerprint density at radius 1 is 1.21 bits per heavy atom. The van der Waals surface area contributed by atoms with Crippen LogP contribution in [-0.4, -0.2) is 52.8 Å². The van der Waals surface area contributed by atoms with Crippen molar-refractivity contribution in [3.05, 3.63) is 40.7 Å². The van der Waals surface area contributed by atoms with Gasteiger partial charge in [0.2, 0.25) is 11.9 Å². The molecule has 8 nitrogen and oxygen atoms in total. The van der Waals surface area contributed by atoms with Crippen molar-refractivity contribution in [1.29, 1.82) is 0 Å². The van der Waals surface area contributed by atoms with Crippen LogP contribution in [0.25, 0.3) is 0 Å². The van der Waals surface area contributed by atoms with Gasteiger partial charge in [0.05, 0.1) is 6.54 Å². The lowest BCUT2D eigenvalue weighted by Crippen LogP contribution is -2.56. The highest BCUT2D eigenvalue weighted by Gasteiger charge is 2.53. The number of hydrogen-bond donors (Lipinski definition) is 1. The number of fused-ring (bicyclic) bond motifs is 3. The number of amides is 3. The number of benzene rings is 1. The molecule has 4 rings (SSSR count). The summed E-state index contributed by atoms with van der Waals surface area (Å²) in [5.41, 5.74) is 3.04. The second kappa shape index (κ2) is 7.18. The van der Waals surface area contributed by atoms with E-state index in [1.54, 1.807) is 7.05 Å². The second-order valence-corrected chi connectivity index (χ2v) is 7.83. The molecule has 29 heavy (non-hydrogen) atoms. The maximum absolute atomic E-state index is 12.8. The largest absolute Gasteiger partial charge is 0.402 e. The molecule has 1 unspecified atom stereocenters. The van der Waals surface area contributed by atoms with Gasteiger partial charge in [-0.15, -0.1) is 0 Å². The summed E-state index contributed by atoms with van der Waals surface area (Å²) in [6.07, 6.45) is 0.868. The smallest absolute Gasteiger partial charge is 0.385 e. The molecule has 0 radical (unpaired) electrons. The molecule has 3 heterocycles. The molecule has 3 amide bonds. The van der Waals surface area contributed by atoms with E-state index in [4.69, 9.17) is 11.6 Å². The van der Waals surface area contributed by atoms with Crippen LogP contribution >= 0.6 is 11.6 Å². The first-order chi connectivity index (χ1) is 13.8. The van der Waals surface area contributed by atoms with Gasteiger partial charge in [-0.05, 0) is 38.5 Å². The molecule has 1 saturated heterocycles. The fourth-order valence-electron chi connectivity index (χ4n) is 3.92. The number of likely N-dealkylation sites (N-methyl/N-ethyl adjacent to an activating group) is 2. The van der Waals surface area contributed by atoms with E-state index >= 15 is 0 Å². The van der Waals surface area contributed by atoms with Gasteiger partial charge < -0.3 is 5.32 Å². The van der Waals surface area contributed by atoms with Gasteiger partial charge in [-0.1, -0.05) is 22.7 Å². The van der Waals surface area contributed by atoms with Gasteiger partial charge in [-0.25, -0.2) is 13.9 Å². The SMILES string of the molecule is Cc1c(C)[n+](CCCNc2cccc(Cl)c2)c2n1C1C(=O)N(C)C(=O)N(C)C1=N2. The first kappa shape index (κ1) is 19.4. The number of amidine groups is 1. The van der Waals surface area contributed by atoms with Gasteiger partial charge in [0.1, 0.15) is 11.4 Å². The first-order valence-electron chi connectivity index (χ1n) is 9.55. The lowest BCUT2D eigenvalue weighted by atomic mass is 10.1. The van der Waals surface area contributed by atoms with E-state index in [0.717, 1.165) is 41.5 Å². The number of anilines is 1. The number of aliphatic imine (C=N–C) groups is 1. The Morgan fingerprint density at radius 2 is 1.97 bits per heavy atom. The Balaban J connectivity index is 1.55. The van der Waals surface area contributed by atoms with E-state index in [1.807, 2.05) is 42.7 Å². The molecular formula is C20H24ClN6O2+. The summed E-state index contributed by atoms with van der Waals surface area (Å²) < 4.78 is 4.06. The molecule has 1 atom stereocenters. The topological polar surface area (TPSA) is 73.8 Å². The molecule has 0 spiro atoms. The number of nitrogens with one attached hydrogen (secondary N) is 1. The minimum atomic E-state index is -0.581. The van der Waals surface area contributed by atoms with Crippen LogP contribution in [0.1, 0.15) is 23.9 Å². The number of rotatable bonds is 5. The number of carbonyl (C=O) groups excluding carboxylic acids is 2. The third-order valence-corrected chi connectivity index (χ3v) is 5.89. The van der Waals surface area contributed by atoms with Crippen LogP contribution in [0.2, 0.25) is 5.02 Å². The normalized spacial score (nSPS) is 18.1. The summed E-state index contributed by atoms with van der Waals surface area (Å²) in [6, 6.07) is 6.70. The van der Waals surface area contributed by atoms with Crippen molar-refractivity contribution in [2.24, 2.45) is 4.99 Å². The highest BCUT2D eigenvalue weighted by molar-refractivity contribution is 6.30. The van der Waals surface area contributed by atoms with E-state index in [9.17, 15) is 9.59 Å². The molecule has 9 heteroatoms. The zero-order valence-electron chi connectivity index (χ0n) is 16.9. The summed E-state index contributed by atoms with van der Waals surface area (Å²) in [7, 11) is 3.17. The Morgan fingerprint density at radius 3 is 2.69 bits per heavy atom. The van der Waals surface area contributed by atoms with Crippen LogP contribution < -0.4 is 9.88 Å². The van der Waals surface area contributed by atoms with E-state index in [1.165, 1.54) is 11.9 Å². The average Bonchev–Trinajstić information content (AvgIpc) is 3.19. The Labute approximate surface area is 174 Å². The maximum Gasteiger partial charge on any atom is 0.402 e. The highest BCUT2D eigenvalue weighted by atomic mass is 35.5. The fourth-order valence-corrected chi connectivity index (χ4v) is 4.11. The van der Waals surface area contributed by atoms with Crippen molar-refractivity contribution in [3.8, 4) is 0 Å². The number of nitrogens with zero attached hydrogens (tertiary/aromatic N) is 5. The Hall–Kier alpha value is -2.87. The number of imidazole rings is 1. The lowest BCUT2D eigenvalue weighted by molar-refractivity contribution is -0.689. The standard InChI is InChI=1S/C20H24ClN6O2/c1-12-13(2)27-16-17(24(3)20(29)25(4)18(16)28)23-19(27)26(12)10-6-9-22-15-8-5-7-14(21)11-15/h5,7-8,11,16,22H,6,9-10H2,1-4H3/q+1. The van der Waals surface area contributed by atoms with Crippen molar-refractivity contribution >= 4 is 41.0 Å². The zero-order chi connectivity index (χ0) is 20.9. The molecule has 0 bridgehead atoms. The minimum absolute atomic E-state index is 0.251. The predicted octanol–water partition coefficient (Wildman–Crippen LogP) is 2.66. The second-order valence-electron chi connectivity index (χ2n) is 7.39. The van der Waals surface area contributed by atoms with Crippen molar-refractivity contribution in [1.82, 2.24) is 14.4 Å². The summed E-state index contributed by atoms with van der Waals surface area (Å²) in [4.78, 5) is 32.4. The summed E-state index contributed by atoms with van der Waals surface area (Å²) in [5.74, 6) is 0.950. The van der Waals surface area contributed by atoms with Crippen LogP contribution in [0, 0.1) is 13.8 Å². The zero-order valence-corrected chi connectivity index (χ0v) is 17.7. The molecule has 0 aliphatic carbocycles. The van der Waals surface area contributed by atoms with Crippen molar-refractivity contribution < 1.29 is 14.2 Å². The number of aromatic nitrogens is 2. The number of carbonyl (C=O) groups is 2. The van der Waals surface area contributed by atoms with Crippen molar-refractivity contribution in [2.45, 2.75) is 32.9 Å². The van der Waals surface area contributed by atoms with Crippen LogP contribution in [0.15, 0.2) is 29.3 Å². The first-order valence-corrected chi connectivity index (χ1v) is 9.93. The molecule has 2 aliphatic rings. The molecule has 152 valence electrons. The summed E-state index contributed by atoms with van der Waals surface area (Å²) in [5, 5.41) is 4.07. The maximum atomic E-state index is 12.8.